The molecule has 0 fully saturated rings. The minimum Gasteiger partial charge on any atom is -0.392 e. The van der Waals surface area contributed by atoms with Crippen LogP contribution in [0.5, 0.6) is 0 Å². The van der Waals surface area contributed by atoms with Crippen LogP contribution in [-0.2, 0) is 19.4 Å². The molecule has 0 aliphatic rings. The van der Waals surface area contributed by atoms with Gasteiger partial charge in [0.15, 0.2) is 0 Å². The maximum Gasteiger partial charge on any atom is 0.319 e. The Morgan fingerprint density at radius 2 is 1.84 bits per heavy atom. The van der Waals surface area contributed by atoms with E-state index in [1.807, 2.05) is 31.2 Å². The van der Waals surface area contributed by atoms with Crippen LogP contribution in [0.15, 0.2) is 42.5 Å². The zero-order valence-electron chi connectivity index (χ0n) is 14.0. The number of nitro benzene ring substituents is 1. The largest absolute Gasteiger partial charge is 0.392 e. The third-order valence-corrected chi connectivity index (χ3v) is 3.83. The number of carbonyl (C=O) groups excluding carboxylic acids is 1. The molecule has 0 radical (unpaired) electrons. The van der Waals surface area contributed by atoms with Gasteiger partial charge in [-0.15, -0.1) is 0 Å². The fourth-order valence-corrected chi connectivity index (χ4v) is 2.42. The monoisotopic (exact) mass is 343 g/mol. The van der Waals surface area contributed by atoms with Gasteiger partial charge in [0.05, 0.1) is 11.5 Å². The third-order valence-electron chi connectivity index (χ3n) is 3.83. The van der Waals surface area contributed by atoms with Crippen LogP contribution in [-0.4, -0.2) is 22.6 Å². The van der Waals surface area contributed by atoms with Gasteiger partial charge in [0.2, 0.25) is 0 Å². The summed E-state index contributed by atoms with van der Waals surface area (Å²) in [5.41, 5.74) is 2.90. The molecule has 0 heterocycles. The summed E-state index contributed by atoms with van der Waals surface area (Å²) in [6.07, 6.45) is 1.20. The number of hydrogen-bond donors (Lipinski definition) is 3. The molecule has 3 N–H and O–H groups in total. The third kappa shape index (κ3) is 5.29. The molecule has 0 spiro atoms. The number of urea groups is 1. The summed E-state index contributed by atoms with van der Waals surface area (Å²) in [5, 5.41) is 25.4. The molecule has 25 heavy (non-hydrogen) atoms. The highest BCUT2D eigenvalue weighted by molar-refractivity contribution is 5.89. The molecule has 2 aromatic rings. The number of aliphatic hydroxyl groups is 1. The van der Waals surface area contributed by atoms with E-state index >= 15 is 0 Å². The minimum absolute atomic E-state index is 0.00386. The van der Waals surface area contributed by atoms with Gasteiger partial charge in [-0.25, -0.2) is 4.79 Å². The standard InChI is InChI=1S/C18H21N3O4/c1-2-15-7-8-16(11-17(15)21(24)25)20-18(23)19-10-9-13-3-5-14(12-22)6-4-13/h3-8,11,22H,2,9-10,12H2,1H3,(H2,19,20,23). The number of amides is 2. The topological polar surface area (TPSA) is 104 Å². The number of nitro groups is 1. The van der Waals surface area contributed by atoms with Crippen molar-refractivity contribution in [1.29, 1.82) is 0 Å². The molecule has 0 unspecified atom stereocenters. The van der Waals surface area contributed by atoms with Crippen molar-refractivity contribution in [1.82, 2.24) is 5.32 Å². The number of carbonyl (C=O) groups is 1. The van der Waals surface area contributed by atoms with Crippen LogP contribution >= 0.6 is 0 Å². The summed E-state index contributed by atoms with van der Waals surface area (Å²) >= 11 is 0. The van der Waals surface area contributed by atoms with Gasteiger partial charge in [0.1, 0.15) is 0 Å². The SMILES string of the molecule is CCc1ccc(NC(=O)NCCc2ccc(CO)cc2)cc1[N+](=O)[O-]. The lowest BCUT2D eigenvalue weighted by molar-refractivity contribution is -0.385. The molecule has 0 saturated heterocycles. The highest BCUT2D eigenvalue weighted by Crippen LogP contribution is 2.23. The second kappa shape index (κ2) is 8.79. The molecule has 2 rings (SSSR count). The fraction of sp³-hybridized carbons (Fsp3) is 0.278. The van der Waals surface area contributed by atoms with Gasteiger partial charge in [-0.1, -0.05) is 37.3 Å². The summed E-state index contributed by atoms with van der Waals surface area (Å²) in [6, 6.07) is 11.7. The smallest absolute Gasteiger partial charge is 0.319 e. The molecule has 7 heteroatoms. The zero-order valence-corrected chi connectivity index (χ0v) is 14.0. The molecular weight excluding hydrogens is 322 g/mol. The molecule has 0 saturated carbocycles. The number of aryl methyl sites for hydroxylation is 1. The molecule has 0 bridgehead atoms. The maximum absolute atomic E-state index is 11.9. The van der Waals surface area contributed by atoms with Crippen LogP contribution < -0.4 is 10.6 Å². The van der Waals surface area contributed by atoms with Crippen LogP contribution in [0.25, 0.3) is 0 Å². The van der Waals surface area contributed by atoms with Crippen LogP contribution in [0, 0.1) is 10.1 Å². The van der Waals surface area contributed by atoms with Gasteiger partial charge >= 0.3 is 6.03 Å². The molecule has 132 valence electrons. The van der Waals surface area contributed by atoms with E-state index in [0.717, 1.165) is 11.1 Å². The van der Waals surface area contributed by atoms with Crippen LogP contribution in [0.1, 0.15) is 23.6 Å². The molecule has 2 amide bonds. The fourth-order valence-electron chi connectivity index (χ4n) is 2.42. The Balaban J connectivity index is 1.87. The Morgan fingerprint density at radius 1 is 1.16 bits per heavy atom. The predicted octanol–water partition coefficient (Wildman–Crippen LogP) is 3.01. The van der Waals surface area contributed by atoms with E-state index in [1.54, 1.807) is 12.1 Å². The first-order chi connectivity index (χ1) is 12.0. The van der Waals surface area contributed by atoms with Crippen LogP contribution in [0.2, 0.25) is 0 Å². The maximum atomic E-state index is 11.9. The number of aliphatic hydroxyl groups excluding tert-OH is 1. The summed E-state index contributed by atoms with van der Waals surface area (Å²) in [5.74, 6) is 0. The zero-order chi connectivity index (χ0) is 18.2. The first-order valence-electron chi connectivity index (χ1n) is 8.04. The van der Waals surface area contributed by atoms with Gasteiger partial charge < -0.3 is 15.7 Å². The van der Waals surface area contributed by atoms with Crippen LogP contribution in [0.4, 0.5) is 16.2 Å². The second-order valence-electron chi connectivity index (χ2n) is 5.56. The van der Waals surface area contributed by atoms with Gasteiger partial charge in [-0.05, 0) is 30.0 Å². The Kier molecular flexibility index (Phi) is 6.47. The minimum atomic E-state index is -0.446. The van der Waals surface area contributed by atoms with E-state index in [2.05, 4.69) is 10.6 Å². The second-order valence-corrected chi connectivity index (χ2v) is 5.56. The van der Waals surface area contributed by atoms with Crippen molar-refractivity contribution < 1.29 is 14.8 Å². The lowest BCUT2D eigenvalue weighted by atomic mass is 10.1. The van der Waals surface area contributed by atoms with Crippen molar-refractivity contribution in [3.05, 3.63) is 69.3 Å². The summed E-state index contributed by atoms with van der Waals surface area (Å²) < 4.78 is 0. The normalized spacial score (nSPS) is 10.3. The van der Waals surface area contributed by atoms with Crippen molar-refractivity contribution >= 4 is 17.4 Å². The average Bonchev–Trinajstić information content (AvgIpc) is 2.62. The summed E-state index contributed by atoms with van der Waals surface area (Å²) in [7, 11) is 0. The van der Waals surface area contributed by atoms with Crippen molar-refractivity contribution in [2.75, 3.05) is 11.9 Å². The van der Waals surface area contributed by atoms with E-state index in [9.17, 15) is 14.9 Å². The van der Waals surface area contributed by atoms with Gasteiger partial charge in [-0.2, -0.15) is 0 Å². The van der Waals surface area contributed by atoms with Crippen molar-refractivity contribution in [2.45, 2.75) is 26.4 Å². The van der Waals surface area contributed by atoms with Crippen molar-refractivity contribution in [3.8, 4) is 0 Å². The van der Waals surface area contributed by atoms with Gasteiger partial charge in [0, 0.05) is 23.9 Å². The average molecular weight is 343 g/mol. The molecular formula is C18H21N3O4. The first-order valence-corrected chi connectivity index (χ1v) is 8.04. The lowest BCUT2D eigenvalue weighted by Gasteiger charge is -2.09. The van der Waals surface area contributed by atoms with E-state index in [0.29, 0.717) is 30.6 Å². The van der Waals surface area contributed by atoms with E-state index in [4.69, 9.17) is 5.11 Å². The molecule has 0 aliphatic heterocycles. The summed E-state index contributed by atoms with van der Waals surface area (Å²) in [4.78, 5) is 22.5. The van der Waals surface area contributed by atoms with E-state index in [-0.39, 0.29) is 12.3 Å². The van der Waals surface area contributed by atoms with E-state index in [1.165, 1.54) is 6.07 Å². The Labute approximate surface area is 145 Å². The Morgan fingerprint density at radius 3 is 2.44 bits per heavy atom. The predicted molar refractivity (Wildman–Crippen MR) is 95.6 cm³/mol. The number of nitrogens with zero attached hydrogens (tertiary/aromatic N) is 1. The molecule has 2 aromatic carbocycles. The lowest BCUT2D eigenvalue weighted by Crippen LogP contribution is -2.30. The van der Waals surface area contributed by atoms with Gasteiger partial charge in [0.25, 0.3) is 5.69 Å². The number of anilines is 1. The van der Waals surface area contributed by atoms with Crippen molar-refractivity contribution in [3.63, 3.8) is 0 Å². The summed E-state index contributed by atoms with van der Waals surface area (Å²) in [6.45, 7) is 2.28. The number of nitrogens with one attached hydrogen (secondary N) is 2. The molecule has 0 aliphatic carbocycles. The highest BCUT2D eigenvalue weighted by atomic mass is 16.6. The number of benzene rings is 2. The Hall–Kier alpha value is -2.93. The van der Waals surface area contributed by atoms with Gasteiger partial charge in [-0.3, -0.25) is 10.1 Å². The van der Waals surface area contributed by atoms with Crippen LogP contribution in [0.3, 0.4) is 0 Å². The van der Waals surface area contributed by atoms with Crippen molar-refractivity contribution in [2.24, 2.45) is 0 Å². The quantitative estimate of drug-likeness (QED) is 0.531. The molecule has 0 atom stereocenters. The first kappa shape index (κ1) is 18.4. The van der Waals surface area contributed by atoms with E-state index < -0.39 is 11.0 Å². The number of hydrogen-bond acceptors (Lipinski definition) is 4. The molecule has 0 aromatic heterocycles. The highest BCUT2D eigenvalue weighted by Gasteiger charge is 2.14. The number of rotatable bonds is 7. The Bertz CT molecular complexity index is 744. The molecule has 7 nitrogen and oxygen atoms in total.